The number of halogens is 1. The molecule has 7 heteroatoms. The molecule has 0 radical (unpaired) electrons. The minimum absolute atomic E-state index is 0.284. The molecule has 0 spiro atoms. The first kappa shape index (κ1) is 18.9. The van der Waals surface area contributed by atoms with Crippen LogP contribution in [-0.2, 0) is 19.5 Å². The lowest BCUT2D eigenvalue weighted by Gasteiger charge is -2.30. The van der Waals surface area contributed by atoms with Gasteiger partial charge in [-0.15, -0.1) is 0 Å². The van der Waals surface area contributed by atoms with Gasteiger partial charge >= 0.3 is 0 Å². The number of ether oxygens (including phenoxy) is 1. The van der Waals surface area contributed by atoms with E-state index < -0.39 is 0 Å². The van der Waals surface area contributed by atoms with Crippen LogP contribution in [0.1, 0.15) is 29.7 Å². The summed E-state index contributed by atoms with van der Waals surface area (Å²) < 4.78 is 19.5. The molecule has 1 saturated heterocycles. The lowest BCUT2D eigenvalue weighted by Crippen LogP contribution is -2.32. The molecule has 2 aliphatic rings. The van der Waals surface area contributed by atoms with Gasteiger partial charge in [0.15, 0.2) is 0 Å². The van der Waals surface area contributed by atoms with Crippen molar-refractivity contribution in [3.05, 3.63) is 71.4 Å². The fourth-order valence-electron chi connectivity index (χ4n) is 4.07. The van der Waals surface area contributed by atoms with E-state index in [-0.39, 0.29) is 5.82 Å². The Labute approximate surface area is 175 Å². The van der Waals surface area contributed by atoms with Crippen molar-refractivity contribution in [1.29, 1.82) is 0 Å². The van der Waals surface area contributed by atoms with Crippen LogP contribution in [0.15, 0.2) is 48.8 Å². The highest BCUT2D eigenvalue weighted by Crippen LogP contribution is 2.32. The van der Waals surface area contributed by atoms with Gasteiger partial charge in [0.2, 0.25) is 11.8 Å². The SMILES string of the molecule is Fc1ccc(Oc2nc(N3CCCC3)nc3c2CN(Cc2ccncc2)CC3)cc1. The fraction of sp³-hybridized carbons (Fsp3) is 0.348. The molecule has 1 fully saturated rings. The number of fused-ring (bicyclic) bond motifs is 1. The molecular weight excluding hydrogens is 381 g/mol. The van der Waals surface area contributed by atoms with Crippen LogP contribution in [0.2, 0.25) is 0 Å². The minimum Gasteiger partial charge on any atom is -0.438 e. The number of rotatable bonds is 5. The highest BCUT2D eigenvalue weighted by molar-refractivity contribution is 5.44. The van der Waals surface area contributed by atoms with E-state index in [2.05, 4.69) is 14.8 Å². The Kier molecular flexibility index (Phi) is 5.27. The molecule has 0 saturated carbocycles. The van der Waals surface area contributed by atoms with Gasteiger partial charge in [0.1, 0.15) is 11.6 Å². The fourth-order valence-corrected chi connectivity index (χ4v) is 4.07. The zero-order valence-corrected chi connectivity index (χ0v) is 16.8. The Morgan fingerprint density at radius 3 is 2.47 bits per heavy atom. The Morgan fingerprint density at radius 2 is 1.70 bits per heavy atom. The smallest absolute Gasteiger partial charge is 0.228 e. The molecule has 30 heavy (non-hydrogen) atoms. The first-order valence-corrected chi connectivity index (χ1v) is 10.4. The van der Waals surface area contributed by atoms with E-state index in [4.69, 9.17) is 14.7 Å². The molecule has 0 bridgehead atoms. The van der Waals surface area contributed by atoms with Gasteiger partial charge in [0, 0.05) is 51.5 Å². The number of anilines is 1. The maximum atomic E-state index is 13.3. The van der Waals surface area contributed by atoms with E-state index in [9.17, 15) is 4.39 Å². The Bertz CT molecular complexity index is 1010. The van der Waals surface area contributed by atoms with Crippen molar-refractivity contribution in [1.82, 2.24) is 19.9 Å². The first-order chi connectivity index (χ1) is 14.7. The van der Waals surface area contributed by atoms with Crippen LogP contribution >= 0.6 is 0 Å². The van der Waals surface area contributed by atoms with E-state index in [0.29, 0.717) is 18.2 Å². The second kappa shape index (κ2) is 8.36. The highest BCUT2D eigenvalue weighted by Gasteiger charge is 2.26. The number of pyridine rings is 1. The lowest BCUT2D eigenvalue weighted by atomic mass is 10.1. The summed E-state index contributed by atoms with van der Waals surface area (Å²) in [5, 5.41) is 0. The zero-order chi connectivity index (χ0) is 20.3. The molecule has 1 aromatic carbocycles. The maximum absolute atomic E-state index is 13.3. The molecule has 0 unspecified atom stereocenters. The van der Waals surface area contributed by atoms with Crippen molar-refractivity contribution in [2.45, 2.75) is 32.4 Å². The third-order valence-corrected chi connectivity index (χ3v) is 5.66. The Hall–Kier alpha value is -3.06. The zero-order valence-electron chi connectivity index (χ0n) is 16.8. The summed E-state index contributed by atoms with van der Waals surface area (Å²) in [6, 6.07) is 10.2. The predicted octanol–water partition coefficient (Wildman–Crippen LogP) is 3.96. The van der Waals surface area contributed by atoms with Crippen molar-refractivity contribution in [2.75, 3.05) is 24.5 Å². The molecule has 0 N–H and O–H groups in total. The van der Waals surface area contributed by atoms with Gasteiger partial charge in [-0.2, -0.15) is 4.98 Å². The molecule has 4 heterocycles. The number of hydrogen-bond acceptors (Lipinski definition) is 6. The van der Waals surface area contributed by atoms with E-state index in [1.54, 1.807) is 12.1 Å². The van der Waals surface area contributed by atoms with Crippen LogP contribution in [0.3, 0.4) is 0 Å². The summed E-state index contributed by atoms with van der Waals surface area (Å²) >= 11 is 0. The van der Waals surface area contributed by atoms with Gasteiger partial charge in [0.25, 0.3) is 0 Å². The average molecular weight is 405 g/mol. The van der Waals surface area contributed by atoms with Gasteiger partial charge in [0.05, 0.1) is 11.3 Å². The number of aromatic nitrogens is 3. The summed E-state index contributed by atoms with van der Waals surface area (Å²) in [7, 11) is 0. The average Bonchev–Trinajstić information content (AvgIpc) is 3.31. The van der Waals surface area contributed by atoms with E-state index >= 15 is 0 Å². The van der Waals surface area contributed by atoms with Crippen LogP contribution in [0.5, 0.6) is 11.6 Å². The summed E-state index contributed by atoms with van der Waals surface area (Å²) in [4.78, 5) is 18.4. The molecule has 154 valence electrons. The molecule has 2 aliphatic heterocycles. The first-order valence-electron chi connectivity index (χ1n) is 10.4. The summed E-state index contributed by atoms with van der Waals surface area (Å²) in [6.45, 7) is 4.44. The summed E-state index contributed by atoms with van der Waals surface area (Å²) in [5.74, 6) is 1.61. The van der Waals surface area contributed by atoms with E-state index in [1.165, 1.54) is 17.7 Å². The molecule has 0 atom stereocenters. The normalized spacial score (nSPS) is 16.5. The van der Waals surface area contributed by atoms with Gasteiger partial charge in [-0.1, -0.05) is 0 Å². The number of hydrogen-bond donors (Lipinski definition) is 0. The van der Waals surface area contributed by atoms with Crippen molar-refractivity contribution >= 4 is 5.95 Å². The third kappa shape index (κ3) is 4.11. The summed E-state index contributed by atoms with van der Waals surface area (Å²) in [6.07, 6.45) is 6.82. The highest BCUT2D eigenvalue weighted by atomic mass is 19.1. The second-order valence-electron chi connectivity index (χ2n) is 7.82. The maximum Gasteiger partial charge on any atom is 0.228 e. The Balaban J connectivity index is 1.45. The van der Waals surface area contributed by atoms with Crippen molar-refractivity contribution < 1.29 is 9.13 Å². The van der Waals surface area contributed by atoms with Crippen molar-refractivity contribution in [2.24, 2.45) is 0 Å². The van der Waals surface area contributed by atoms with Crippen LogP contribution in [0, 0.1) is 5.82 Å². The monoisotopic (exact) mass is 405 g/mol. The molecular formula is C23H24FN5O. The number of nitrogens with zero attached hydrogens (tertiary/aromatic N) is 5. The molecule has 0 amide bonds. The van der Waals surface area contributed by atoms with Crippen LogP contribution in [-0.4, -0.2) is 39.5 Å². The van der Waals surface area contributed by atoms with Crippen molar-refractivity contribution in [3.8, 4) is 11.6 Å². The van der Waals surface area contributed by atoms with Crippen LogP contribution in [0.25, 0.3) is 0 Å². The molecule has 0 aliphatic carbocycles. The molecule has 3 aromatic rings. The quantitative estimate of drug-likeness (QED) is 0.640. The Morgan fingerprint density at radius 1 is 0.933 bits per heavy atom. The second-order valence-corrected chi connectivity index (χ2v) is 7.82. The third-order valence-electron chi connectivity index (χ3n) is 5.66. The molecule has 6 nitrogen and oxygen atoms in total. The lowest BCUT2D eigenvalue weighted by molar-refractivity contribution is 0.238. The van der Waals surface area contributed by atoms with Gasteiger partial charge in [-0.3, -0.25) is 9.88 Å². The van der Waals surface area contributed by atoms with Gasteiger partial charge in [-0.05, 0) is 54.8 Å². The largest absolute Gasteiger partial charge is 0.438 e. The van der Waals surface area contributed by atoms with E-state index in [0.717, 1.165) is 62.6 Å². The van der Waals surface area contributed by atoms with Gasteiger partial charge in [-0.25, -0.2) is 9.37 Å². The van der Waals surface area contributed by atoms with Crippen molar-refractivity contribution in [3.63, 3.8) is 0 Å². The topological polar surface area (TPSA) is 54.4 Å². The van der Waals surface area contributed by atoms with E-state index in [1.807, 2.05) is 24.5 Å². The number of benzene rings is 1. The van der Waals surface area contributed by atoms with Crippen LogP contribution < -0.4 is 9.64 Å². The summed E-state index contributed by atoms with van der Waals surface area (Å²) in [5.41, 5.74) is 3.29. The van der Waals surface area contributed by atoms with Gasteiger partial charge < -0.3 is 9.64 Å². The molecule has 2 aromatic heterocycles. The predicted molar refractivity (Wildman–Crippen MR) is 112 cm³/mol. The molecule has 5 rings (SSSR count). The van der Waals surface area contributed by atoms with Crippen LogP contribution in [0.4, 0.5) is 10.3 Å². The minimum atomic E-state index is -0.284. The standard InChI is InChI=1S/C23H24FN5O/c24-18-3-5-19(6-4-18)30-22-20-16-28(15-17-7-10-25-11-8-17)14-9-21(20)26-23(27-22)29-12-1-2-13-29/h3-8,10-11H,1-2,9,12-16H2.